The number of amides is 1. The Morgan fingerprint density at radius 1 is 1.56 bits per heavy atom. The van der Waals surface area contributed by atoms with Crippen LogP contribution < -0.4 is 5.32 Å². The largest absolute Gasteiger partial charge is 0.469 e. The SMILES string of the molecule is COC(=O)C[C@H](NC(=O)[C@H](C)SC)c1cccs1. The van der Waals surface area contributed by atoms with Gasteiger partial charge in [-0.3, -0.25) is 9.59 Å². The molecule has 6 heteroatoms. The van der Waals surface area contributed by atoms with Crippen molar-refractivity contribution in [3.8, 4) is 0 Å². The van der Waals surface area contributed by atoms with Gasteiger partial charge in [-0.15, -0.1) is 11.3 Å². The zero-order chi connectivity index (χ0) is 13.5. The zero-order valence-corrected chi connectivity index (χ0v) is 12.3. The maximum atomic E-state index is 11.9. The predicted molar refractivity (Wildman–Crippen MR) is 74.8 cm³/mol. The van der Waals surface area contributed by atoms with E-state index in [1.807, 2.05) is 30.7 Å². The maximum absolute atomic E-state index is 11.9. The Bertz CT molecular complexity index is 392. The Labute approximate surface area is 115 Å². The lowest BCUT2D eigenvalue weighted by Gasteiger charge is -2.18. The summed E-state index contributed by atoms with van der Waals surface area (Å²) >= 11 is 2.99. The molecule has 1 amide bonds. The van der Waals surface area contributed by atoms with Gasteiger partial charge < -0.3 is 10.1 Å². The van der Waals surface area contributed by atoms with Crippen molar-refractivity contribution >= 4 is 35.0 Å². The molecule has 1 N–H and O–H groups in total. The van der Waals surface area contributed by atoms with E-state index in [1.54, 1.807) is 0 Å². The molecule has 1 heterocycles. The van der Waals surface area contributed by atoms with Crippen LogP contribution in [0.3, 0.4) is 0 Å². The quantitative estimate of drug-likeness (QED) is 0.815. The van der Waals surface area contributed by atoms with Gasteiger partial charge >= 0.3 is 5.97 Å². The second-order valence-electron chi connectivity index (χ2n) is 3.73. The van der Waals surface area contributed by atoms with Crippen LogP contribution in [0.1, 0.15) is 24.3 Å². The number of esters is 1. The van der Waals surface area contributed by atoms with Gasteiger partial charge in [-0.25, -0.2) is 0 Å². The highest BCUT2D eigenvalue weighted by Gasteiger charge is 2.22. The lowest BCUT2D eigenvalue weighted by molar-refractivity contribution is -0.141. The minimum absolute atomic E-state index is 0.0650. The molecule has 0 aliphatic heterocycles. The number of carbonyl (C=O) groups excluding carboxylic acids is 2. The molecular formula is C12H17NO3S2. The first-order valence-electron chi connectivity index (χ1n) is 5.51. The van der Waals surface area contributed by atoms with Crippen LogP contribution in [0, 0.1) is 0 Å². The molecule has 0 radical (unpaired) electrons. The van der Waals surface area contributed by atoms with Crippen LogP contribution in [0.25, 0.3) is 0 Å². The van der Waals surface area contributed by atoms with Crippen LogP contribution in [0.5, 0.6) is 0 Å². The van der Waals surface area contributed by atoms with Crippen molar-refractivity contribution in [2.45, 2.75) is 24.6 Å². The fraction of sp³-hybridized carbons (Fsp3) is 0.500. The molecule has 0 aliphatic rings. The third kappa shape index (κ3) is 4.34. The fourth-order valence-corrected chi connectivity index (χ4v) is 2.42. The van der Waals surface area contributed by atoms with E-state index < -0.39 is 0 Å². The van der Waals surface area contributed by atoms with E-state index in [-0.39, 0.29) is 29.6 Å². The van der Waals surface area contributed by atoms with E-state index in [2.05, 4.69) is 10.1 Å². The molecule has 1 aromatic rings. The van der Waals surface area contributed by atoms with Crippen LogP contribution >= 0.6 is 23.1 Å². The molecule has 1 rings (SSSR count). The molecule has 0 fully saturated rings. The number of carbonyl (C=O) groups is 2. The summed E-state index contributed by atoms with van der Waals surface area (Å²) in [7, 11) is 1.35. The molecule has 2 atom stereocenters. The van der Waals surface area contributed by atoms with E-state index in [0.717, 1.165) is 4.88 Å². The number of rotatable bonds is 6. The average Bonchev–Trinajstić information content (AvgIpc) is 2.90. The fourth-order valence-electron chi connectivity index (χ4n) is 1.36. The molecule has 18 heavy (non-hydrogen) atoms. The average molecular weight is 287 g/mol. The summed E-state index contributed by atoms with van der Waals surface area (Å²) < 4.78 is 4.66. The molecular weight excluding hydrogens is 270 g/mol. The summed E-state index contributed by atoms with van der Waals surface area (Å²) in [6, 6.07) is 3.50. The summed E-state index contributed by atoms with van der Waals surface area (Å²) in [6.07, 6.45) is 2.04. The molecule has 0 unspecified atom stereocenters. The van der Waals surface area contributed by atoms with Crippen molar-refractivity contribution in [3.05, 3.63) is 22.4 Å². The first-order chi connectivity index (χ1) is 8.58. The van der Waals surface area contributed by atoms with Crippen molar-refractivity contribution in [1.82, 2.24) is 5.32 Å². The monoisotopic (exact) mass is 287 g/mol. The van der Waals surface area contributed by atoms with E-state index in [0.29, 0.717) is 0 Å². The third-order valence-corrected chi connectivity index (χ3v) is 4.43. The van der Waals surface area contributed by atoms with Crippen LogP contribution in [0.15, 0.2) is 17.5 Å². The van der Waals surface area contributed by atoms with Crippen molar-refractivity contribution in [1.29, 1.82) is 0 Å². The molecule has 0 aliphatic carbocycles. The second kappa shape index (κ2) is 7.43. The van der Waals surface area contributed by atoms with Gasteiger partial charge in [0.05, 0.1) is 24.8 Å². The van der Waals surface area contributed by atoms with Crippen molar-refractivity contribution in [2.75, 3.05) is 13.4 Å². The normalized spacial score (nSPS) is 13.7. The number of thiophene rings is 1. The van der Waals surface area contributed by atoms with Gasteiger partial charge in [0.1, 0.15) is 0 Å². The van der Waals surface area contributed by atoms with Gasteiger partial charge in [0.2, 0.25) is 5.91 Å². The molecule has 0 bridgehead atoms. The highest BCUT2D eigenvalue weighted by molar-refractivity contribution is 7.99. The lowest BCUT2D eigenvalue weighted by Crippen LogP contribution is -2.35. The molecule has 0 aromatic carbocycles. The smallest absolute Gasteiger partial charge is 0.307 e. The van der Waals surface area contributed by atoms with E-state index in [4.69, 9.17) is 0 Å². The van der Waals surface area contributed by atoms with E-state index in [9.17, 15) is 9.59 Å². The molecule has 100 valence electrons. The first kappa shape index (κ1) is 15.0. The molecule has 1 aromatic heterocycles. The van der Waals surface area contributed by atoms with Gasteiger partial charge in [0.25, 0.3) is 0 Å². The second-order valence-corrected chi connectivity index (χ2v) is 5.89. The zero-order valence-electron chi connectivity index (χ0n) is 10.6. The van der Waals surface area contributed by atoms with Crippen molar-refractivity contribution in [3.63, 3.8) is 0 Å². The standard InChI is InChI=1S/C12H17NO3S2/c1-8(17-3)12(15)13-9(7-11(14)16-2)10-5-4-6-18-10/h4-6,8-9H,7H2,1-3H3,(H,13,15)/t8-,9-/m0/s1. The maximum Gasteiger partial charge on any atom is 0.307 e. The topological polar surface area (TPSA) is 55.4 Å². The number of ether oxygens (including phenoxy) is 1. The Hall–Kier alpha value is -1.01. The Morgan fingerprint density at radius 2 is 2.28 bits per heavy atom. The van der Waals surface area contributed by atoms with E-state index in [1.165, 1.54) is 30.2 Å². The molecule has 0 saturated carbocycles. The van der Waals surface area contributed by atoms with E-state index >= 15 is 0 Å². The Morgan fingerprint density at radius 3 is 2.78 bits per heavy atom. The Balaban J connectivity index is 2.72. The summed E-state index contributed by atoms with van der Waals surface area (Å²) in [5.74, 6) is -0.393. The van der Waals surface area contributed by atoms with Crippen LogP contribution in [-0.4, -0.2) is 30.5 Å². The van der Waals surface area contributed by atoms with Crippen LogP contribution in [0.2, 0.25) is 0 Å². The molecule has 4 nitrogen and oxygen atoms in total. The summed E-state index contributed by atoms with van der Waals surface area (Å²) in [4.78, 5) is 24.2. The highest BCUT2D eigenvalue weighted by Crippen LogP contribution is 2.23. The lowest BCUT2D eigenvalue weighted by atomic mass is 10.1. The molecule has 0 spiro atoms. The molecule has 0 saturated heterocycles. The minimum atomic E-state index is -0.328. The summed E-state index contributed by atoms with van der Waals surface area (Å²) in [5.41, 5.74) is 0. The van der Waals surface area contributed by atoms with Crippen LogP contribution in [0.4, 0.5) is 0 Å². The number of methoxy groups -OCH3 is 1. The predicted octanol–water partition coefficient (Wildman–Crippen LogP) is 2.22. The highest BCUT2D eigenvalue weighted by atomic mass is 32.2. The van der Waals surface area contributed by atoms with Crippen LogP contribution in [-0.2, 0) is 14.3 Å². The van der Waals surface area contributed by atoms with Crippen molar-refractivity contribution in [2.24, 2.45) is 0 Å². The number of hydrogen-bond donors (Lipinski definition) is 1. The number of hydrogen-bond acceptors (Lipinski definition) is 5. The van der Waals surface area contributed by atoms with Gasteiger partial charge in [0, 0.05) is 4.88 Å². The third-order valence-electron chi connectivity index (χ3n) is 2.52. The summed E-state index contributed by atoms with van der Waals surface area (Å²) in [6.45, 7) is 1.84. The van der Waals surface area contributed by atoms with Gasteiger partial charge in [-0.2, -0.15) is 11.8 Å². The minimum Gasteiger partial charge on any atom is -0.469 e. The first-order valence-corrected chi connectivity index (χ1v) is 7.68. The summed E-state index contributed by atoms with van der Waals surface area (Å²) in [5, 5.41) is 4.67. The van der Waals surface area contributed by atoms with Gasteiger partial charge in [-0.1, -0.05) is 6.07 Å². The Kier molecular flexibility index (Phi) is 6.21. The van der Waals surface area contributed by atoms with Gasteiger partial charge in [0.15, 0.2) is 0 Å². The van der Waals surface area contributed by atoms with Gasteiger partial charge in [-0.05, 0) is 24.6 Å². The van der Waals surface area contributed by atoms with Crippen molar-refractivity contribution < 1.29 is 14.3 Å². The number of nitrogens with one attached hydrogen (secondary N) is 1. The number of thioether (sulfide) groups is 1.